The van der Waals surface area contributed by atoms with Gasteiger partial charge in [0.1, 0.15) is 0 Å². The first-order chi connectivity index (χ1) is 14.1. The van der Waals surface area contributed by atoms with Gasteiger partial charge in [-0.25, -0.2) is 0 Å². The molecule has 0 atom stereocenters. The van der Waals surface area contributed by atoms with Gasteiger partial charge in [0.25, 0.3) is 5.91 Å². The lowest BCUT2D eigenvalue weighted by molar-refractivity contribution is -0.120. The number of carbonyl (C=O) groups is 3. The van der Waals surface area contributed by atoms with Crippen molar-refractivity contribution in [2.45, 2.75) is 31.1 Å². The summed E-state index contributed by atoms with van der Waals surface area (Å²) in [7, 11) is 0. The van der Waals surface area contributed by atoms with Crippen LogP contribution in [0.2, 0.25) is 0 Å². The average Bonchev–Trinajstić information content (AvgIpc) is 2.72. The Labute approximate surface area is 175 Å². The van der Waals surface area contributed by atoms with Gasteiger partial charge in [0.15, 0.2) is 0 Å². The summed E-state index contributed by atoms with van der Waals surface area (Å²) in [6.45, 7) is 2.68. The second-order valence-electron chi connectivity index (χ2n) is 6.39. The molecule has 3 amide bonds. The zero-order valence-electron chi connectivity index (χ0n) is 16.6. The van der Waals surface area contributed by atoms with Crippen molar-refractivity contribution in [1.29, 1.82) is 0 Å². The van der Waals surface area contributed by atoms with Crippen LogP contribution in [-0.4, -0.2) is 36.6 Å². The highest BCUT2D eigenvalue weighted by Gasteiger charge is 2.07. The Hall–Kier alpha value is -2.80. The van der Waals surface area contributed by atoms with E-state index < -0.39 is 0 Å². The Morgan fingerprint density at radius 1 is 0.828 bits per heavy atom. The molecule has 2 aromatic carbocycles. The van der Waals surface area contributed by atoms with Crippen LogP contribution in [0.3, 0.4) is 0 Å². The molecule has 2 aromatic rings. The molecule has 0 spiro atoms. The second-order valence-corrected chi connectivity index (χ2v) is 7.56. The fourth-order valence-corrected chi connectivity index (χ4v) is 3.37. The second kappa shape index (κ2) is 12.6. The molecule has 0 fully saturated rings. The summed E-state index contributed by atoms with van der Waals surface area (Å²) in [5.74, 6) is 0.423. The number of nitrogens with one attached hydrogen (secondary N) is 3. The van der Waals surface area contributed by atoms with E-state index in [1.807, 2.05) is 37.3 Å². The van der Waals surface area contributed by atoms with Crippen LogP contribution >= 0.6 is 11.8 Å². The minimum Gasteiger partial charge on any atom is -0.354 e. The quantitative estimate of drug-likeness (QED) is 0.389. The van der Waals surface area contributed by atoms with Gasteiger partial charge in [-0.15, -0.1) is 11.8 Å². The number of carbonyl (C=O) groups excluding carboxylic acids is 3. The monoisotopic (exact) mass is 413 g/mol. The molecule has 0 bridgehead atoms. The van der Waals surface area contributed by atoms with Crippen LogP contribution in [-0.2, 0) is 9.59 Å². The van der Waals surface area contributed by atoms with Crippen molar-refractivity contribution in [3.05, 3.63) is 60.2 Å². The molecule has 0 aliphatic heterocycles. The van der Waals surface area contributed by atoms with E-state index in [1.54, 1.807) is 36.0 Å². The highest BCUT2D eigenvalue weighted by molar-refractivity contribution is 7.99. The van der Waals surface area contributed by atoms with E-state index in [1.165, 1.54) is 0 Å². The first kappa shape index (κ1) is 22.5. The first-order valence-electron chi connectivity index (χ1n) is 9.71. The largest absolute Gasteiger partial charge is 0.354 e. The van der Waals surface area contributed by atoms with Gasteiger partial charge < -0.3 is 16.0 Å². The lowest BCUT2D eigenvalue weighted by Gasteiger charge is -2.08. The van der Waals surface area contributed by atoms with Crippen molar-refractivity contribution in [2.75, 3.05) is 24.2 Å². The maximum atomic E-state index is 12.1. The number of hydrogen-bond donors (Lipinski definition) is 3. The predicted octanol–water partition coefficient (Wildman–Crippen LogP) is 3.45. The molecule has 29 heavy (non-hydrogen) atoms. The van der Waals surface area contributed by atoms with Crippen molar-refractivity contribution in [2.24, 2.45) is 0 Å². The van der Waals surface area contributed by atoms with E-state index in [9.17, 15) is 14.4 Å². The standard InChI is InChI=1S/C22H27N3O3S/c1-2-6-21(27)25-18-11-9-17(10-12-18)22(28)24-15-14-23-20(26)13-16-29-19-7-4-3-5-8-19/h3-5,7-12H,2,6,13-16H2,1H3,(H,23,26)(H,24,28)(H,25,27). The highest BCUT2D eigenvalue weighted by Crippen LogP contribution is 2.17. The van der Waals surface area contributed by atoms with E-state index in [2.05, 4.69) is 16.0 Å². The fraction of sp³-hybridized carbons (Fsp3) is 0.318. The van der Waals surface area contributed by atoms with Gasteiger partial charge in [0, 0.05) is 47.8 Å². The minimum absolute atomic E-state index is 0.0325. The normalized spacial score (nSPS) is 10.2. The van der Waals surface area contributed by atoms with Crippen LogP contribution in [0, 0.1) is 0 Å². The molecule has 6 nitrogen and oxygen atoms in total. The maximum Gasteiger partial charge on any atom is 0.251 e. The fourth-order valence-electron chi connectivity index (χ4n) is 2.50. The smallest absolute Gasteiger partial charge is 0.251 e. The average molecular weight is 414 g/mol. The van der Waals surface area contributed by atoms with E-state index in [0.29, 0.717) is 42.9 Å². The minimum atomic E-state index is -0.217. The number of amides is 3. The Balaban J connectivity index is 1.61. The van der Waals surface area contributed by atoms with Crippen LogP contribution in [0.4, 0.5) is 5.69 Å². The van der Waals surface area contributed by atoms with Crippen LogP contribution < -0.4 is 16.0 Å². The van der Waals surface area contributed by atoms with Crippen molar-refractivity contribution in [1.82, 2.24) is 10.6 Å². The topological polar surface area (TPSA) is 87.3 Å². The summed E-state index contributed by atoms with van der Waals surface area (Å²) >= 11 is 1.64. The Morgan fingerprint density at radius 3 is 2.21 bits per heavy atom. The molecule has 0 aliphatic carbocycles. The Morgan fingerprint density at radius 2 is 1.52 bits per heavy atom. The molecule has 0 aromatic heterocycles. The van der Waals surface area contributed by atoms with Gasteiger partial charge in [-0.05, 0) is 42.8 Å². The number of rotatable bonds is 11. The van der Waals surface area contributed by atoms with Crippen molar-refractivity contribution in [3.63, 3.8) is 0 Å². The van der Waals surface area contributed by atoms with Gasteiger partial charge >= 0.3 is 0 Å². The molecule has 7 heteroatoms. The summed E-state index contributed by atoms with van der Waals surface area (Å²) < 4.78 is 0. The summed E-state index contributed by atoms with van der Waals surface area (Å²) in [5.41, 5.74) is 1.17. The summed E-state index contributed by atoms with van der Waals surface area (Å²) in [5, 5.41) is 8.36. The molecular formula is C22H27N3O3S. The van der Waals surface area contributed by atoms with Crippen LogP contribution in [0.25, 0.3) is 0 Å². The summed E-state index contributed by atoms with van der Waals surface area (Å²) in [4.78, 5) is 36.7. The third-order valence-corrected chi connectivity index (χ3v) is 5.00. The van der Waals surface area contributed by atoms with Gasteiger partial charge in [-0.1, -0.05) is 25.1 Å². The number of thioether (sulfide) groups is 1. The molecule has 0 saturated carbocycles. The van der Waals surface area contributed by atoms with E-state index in [4.69, 9.17) is 0 Å². The SMILES string of the molecule is CCCC(=O)Nc1ccc(C(=O)NCCNC(=O)CCSc2ccccc2)cc1. The summed E-state index contributed by atoms with van der Waals surface area (Å²) in [6.07, 6.45) is 1.69. The van der Waals surface area contributed by atoms with Gasteiger partial charge in [-0.2, -0.15) is 0 Å². The number of benzene rings is 2. The molecule has 0 unspecified atom stereocenters. The molecule has 0 heterocycles. The molecule has 0 saturated heterocycles. The third-order valence-electron chi connectivity index (χ3n) is 3.98. The lowest BCUT2D eigenvalue weighted by atomic mass is 10.2. The Kier molecular flexibility index (Phi) is 9.78. The number of hydrogen-bond acceptors (Lipinski definition) is 4. The molecule has 3 N–H and O–H groups in total. The van der Waals surface area contributed by atoms with Crippen LogP contribution in [0.1, 0.15) is 36.5 Å². The maximum absolute atomic E-state index is 12.1. The van der Waals surface area contributed by atoms with Gasteiger partial charge in [-0.3, -0.25) is 14.4 Å². The number of anilines is 1. The molecule has 154 valence electrons. The van der Waals surface area contributed by atoms with E-state index >= 15 is 0 Å². The molecular weight excluding hydrogens is 386 g/mol. The van der Waals surface area contributed by atoms with E-state index in [-0.39, 0.29) is 17.7 Å². The summed E-state index contributed by atoms with van der Waals surface area (Å²) in [6, 6.07) is 16.7. The van der Waals surface area contributed by atoms with Gasteiger partial charge in [0.2, 0.25) is 11.8 Å². The molecule has 0 aliphatic rings. The lowest BCUT2D eigenvalue weighted by Crippen LogP contribution is -2.34. The predicted molar refractivity (Wildman–Crippen MR) is 117 cm³/mol. The highest BCUT2D eigenvalue weighted by atomic mass is 32.2. The third kappa shape index (κ3) is 8.83. The van der Waals surface area contributed by atoms with Crippen LogP contribution in [0.5, 0.6) is 0 Å². The van der Waals surface area contributed by atoms with Crippen molar-refractivity contribution in [3.8, 4) is 0 Å². The van der Waals surface area contributed by atoms with Gasteiger partial charge in [0.05, 0.1) is 0 Å². The van der Waals surface area contributed by atoms with Crippen LogP contribution in [0.15, 0.2) is 59.5 Å². The zero-order valence-corrected chi connectivity index (χ0v) is 17.4. The van der Waals surface area contributed by atoms with E-state index in [0.717, 1.165) is 11.3 Å². The van der Waals surface area contributed by atoms with Crippen molar-refractivity contribution >= 4 is 35.2 Å². The first-order valence-corrected chi connectivity index (χ1v) is 10.7. The van der Waals surface area contributed by atoms with Crippen molar-refractivity contribution < 1.29 is 14.4 Å². The molecule has 0 radical (unpaired) electrons. The zero-order chi connectivity index (χ0) is 20.9. The molecule has 2 rings (SSSR count). The Bertz CT molecular complexity index is 795.